The molecule has 0 unspecified atom stereocenters. The van der Waals surface area contributed by atoms with Gasteiger partial charge in [-0.2, -0.15) is 0 Å². The van der Waals surface area contributed by atoms with Gasteiger partial charge in [-0.25, -0.2) is 0 Å². The van der Waals surface area contributed by atoms with Crippen LogP contribution < -0.4 is 4.74 Å². The summed E-state index contributed by atoms with van der Waals surface area (Å²) in [5, 5.41) is 0. The predicted octanol–water partition coefficient (Wildman–Crippen LogP) is 3.75. The molecule has 1 aliphatic carbocycles. The van der Waals surface area contributed by atoms with Crippen molar-refractivity contribution in [2.75, 3.05) is 21.2 Å². The van der Waals surface area contributed by atoms with E-state index < -0.39 is 0 Å². The molecule has 1 aromatic carbocycles. The van der Waals surface area contributed by atoms with Crippen LogP contribution in [0.4, 0.5) is 0 Å². The second-order valence-corrected chi connectivity index (χ2v) is 6.33. The van der Waals surface area contributed by atoms with Gasteiger partial charge < -0.3 is 9.64 Å². The standard InChI is InChI=1S/C17H27NO/c1-14-9-11-17(12-10-14,18(2)3)13-15-5-7-16(19-4)8-6-15/h5-8,14H,9-13H2,1-4H3. The van der Waals surface area contributed by atoms with E-state index in [9.17, 15) is 0 Å². The number of rotatable bonds is 4. The van der Waals surface area contributed by atoms with Crippen LogP contribution >= 0.6 is 0 Å². The summed E-state index contributed by atoms with van der Waals surface area (Å²) in [6.45, 7) is 2.38. The van der Waals surface area contributed by atoms with E-state index in [-0.39, 0.29) is 0 Å². The second-order valence-electron chi connectivity index (χ2n) is 6.33. The minimum absolute atomic E-state index is 0.348. The van der Waals surface area contributed by atoms with Gasteiger partial charge in [0.15, 0.2) is 0 Å². The van der Waals surface area contributed by atoms with Crippen molar-refractivity contribution in [3.05, 3.63) is 29.8 Å². The number of methoxy groups -OCH3 is 1. The molecule has 0 saturated heterocycles. The highest BCUT2D eigenvalue weighted by molar-refractivity contribution is 5.28. The van der Waals surface area contributed by atoms with E-state index in [4.69, 9.17) is 4.74 Å². The van der Waals surface area contributed by atoms with Gasteiger partial charge in [-0.3, -0.25) is 0 Å². The number of benzene rings is 1. The molecule has 0 N–H and O–H groups in total. The first-order chi connectivity index (χ1) is 9.05. The van der Waals surface area contributed by atoms with E-state index in [1.807, 2.05) is 0 Å². The fourth-order valence-corrected chi connectivity index (χ4v) is 3.20. The van der Waals surface area contributed by atoms with Crippen molar-refractivity contribution in [1.29, 1.82) is 0 Å². The molecule has 2 heteroatoms. The lowest BCUT2D eigenvalue weighted by Crippen LogP contribution is -2.48. The Kier molecular flexibility index (Phi) is 4.51. The molecule has 2 nitrogen and oxygen atoms in total. The lowest BCUT2D eigenvalue weighted by molar-refractivity contribution is 0.0830. The Morgan fingerprint density at radius 3 is 2.21 bits per heavy atom. The minimum atomic E-state index is 0.348. The smallest absolute Gasteiger partial charge is 0.118 e. The Morgan fingerprint density at radius 1 is 1.16 bits per heavy atom. The van der Waals surface area contributed by atoms with E-state index in [2.05, 4.69) is 50.2 Å². The van der Waals surface area contributed by atoms with Gasteiger partial charge in [0, 0.05) is 5.54 Å². The zero-order valence-electron chi connectivity index (χ0n) is 12.8. The molecule has 0 heterocycles. The van der Waals surface area contributed by atoms with Gasteiger partial charge in [0.2, 0.25) is 0 Å². The van der Waals surface area contributed by atoms with Crippen molar-refractivity contribution < 1.29 is 4.74 Å². The first-order valence-electron chi connectivity index (χ1n) is 7.36. The summed E-state index contributed by atoms with van der Waals surface area (Å²) in [4.78, 5) is 2.45. The van der Waals surface area contributed by atoms with Gasteiger partial charge in [0.1, 0.15) is 5.75 Å². The van der Waals surface area contributed by atoms with Crippen LogP contribution in [0, 0.1) is 5.92 Å². The van der Waals surface area contributed by atoms with Crippen molar-refractivity contribution >= 4 is 0 Å². The molecule has 0 amide bonds. The molecule has 0 bridgehead atoms. The van der Waals surface area contributed by atoms with Crippen LogP contribution in [0.25, 0.3) is 0 Å². The van der Waals surface area contributed by atoms with Gasteiger partial charge in [-0.1, -0.05) is 19.1 Å². The lowest BCUT2D eigenvalue weighted by Gasteiger charge is -2.45. The maximum atomic E-state index is 5.24. The van der Waals surface area contributed by atoms with Crippen molar-refractivity contribution in [2.45, 2.75) is 44.6 Å². The summed E-state index contributed by atoms with van der Waals surface area (Å²) in [7, 11) is 6.19. The fraction of sp³-hybridized carbons (Fsp3) is 0.647. The number of hydrogen-bond acceptors (Lipinski definition) is 2. The van der Waals surface area contributed by atoms with Crippen molar-refractivity contribution in [2.24, 2.45) is 5.92 Å². The molecule has 0 aliphatic heterocycles. The third-order valence-corrected chi connectivity index (χ3v) is 4.85. The average molecular weight is 261 g/mol. The second kappa shape index (κ2) is 5.96. The van der Waals surface area contributed by atoms with Crippen LogP contribution in [0.15, 0.2) is 24.3 Å². The van der Waals surface area contributed by atoms with Crippen molar-refractivity contribution in [1.82, 2.24) is 4.90 Å². The zero-order chi connectivity index (χ0) is 13.9. The summed E-state index contributed by atoms with van der Waals surface area (Å²) >= 11 is 0. The first-order valence-corrected chi connectivity index (χ1v) is 7.36. The Labute approximate surface area is 117 Å². The number of likely N-dealkylation sites (N-methyl/N-ethyl adjacent to an activating group) is 1. The molecule has 0 aromatic heterocycles. The van der Waals surface area contributed by atoms with Gasteiger partial charge in [0.25, 0.3) is 0 Å². The molecule has 1 aliphatic rings. The molecule has 1 saturated carbocycles. The van der Waals surface area contributed by atoms with Gasteiger partial charge in [0.05, 0.1) is 7.11 Å². The van der Waals surface area contributed by atoms with Crippen LogP contribution in [0.5, 0.6) is 5.75 Å². The van der Waals surface area contributed by atoms with E-state index in [0.29, 0.717) is 5.54 Å². The molecule has 0 atom stereocenters. The number of hydrogen-bond donors (Lipinski definition) is 0. The molecule has 19 heavy (non-hydrogen) atoms. The summed E-state index contributed by atoms with van der Waals surface area (Å²) in [6.07, 6.45) is 6.49. The van der Waals surface area contributed by atoms with E-state index in [1.165, 1.54) is 31.2 Å². The summed E-state index contributed by atoms with van der Waals surface area (Å²) in [5.41, 5.74) is 1.77. The average Bonchev–Trinajstić information content (AvgIpc) is 2.42. The zero-order valence-corrected chi connectivity index (χ0v) is 12.8. The third-order valence-electron chi connectivity index (χ3n) is 4.85. The van der Waals surface area contributed by atoms with E-state index in [1.54, 1.807) is 7.11 Å². The molecular weight excluding hydrogens is 234 g/mol. The number of nitrogens with zero attached hydrogens (tertiary/aromatic N) is 1. The van der Waals surface area contributed by atoms with Gasteiger partial charge in [-0.05, 0) is 69.8 Å². The predicted molar refractivity (Wildman–Crippen MR) is 80.7 cm³/mol. The molecule has 1 aromatic rings. The van der Waals surface area contributed by atoms with Crippen LogP contribution in [0.1, 0.15) is 38.2 Å². The molecule has 0 spiro atoms. The largest absolute Gasteiger partial charge is 0.497 e. The SMILES string of the molecule is COc1ccc(CC2(N(C)C)CCC(C)CC2)cc1. The Balaban J connectivity index is 2.11. The van der Waals surface area contributed by atoms with E-state index in [0.717, 1.165) is 18.1 Å². The minimum Gasteiger partial charge on any atom is -0.497 e. The quantitative estimate of drug-likeness (QED) is 0.818. The topological polar surface area (TPSA) is 12.5 Å². The van der Waals surface area contributed by atoms with Gasteiger partial charge in [-0.15, -0.1) is 0 Å². The monoisotopic (exact) mass is 261 g/mol. The Bertz CT molecular complexity index is 388. The maximum Gasteiger partial charge on any atom is 0.118 e. The molecule has 0 radical (unpaired) electrons. The van der Waals surface area contributed by atoms with Crippen LogP contribution in [0.2, 0.25) is 0 Å². The highest BCUT2D eigenvalue weighted by Crippen LogP contribution is 2.37. The van der Waals surface area contributed by atoms with Crippen molar-refractivity contribution in [3.63, 3.8) is 0 Å². The third kappa shape index (κ3) is 3.30. The van der Waals surface area contributed by atoms with Gasteiger partial charge >= 0.3 is 0 Å². The normalized spacial score (nSPS) is 27.5. The molecular formula is C17H27NO. The van der Waals surface area contributed by atoms with Crippen LogP contribution in [-0.2, 0) is 6.42 Å². The fourth-order valence-electron chi connectivity index (χ4n) is 3.20. The molecule has 2 rings (SSSR count). The van der Waals surface area contributed by atoms with Crippen molar-refractivity contribution in [3.8, 4) is 5.75 Å². The lowest BCUT2D eigenvalue weighted by atomic mass is 9.73. The first kappa shape index (κ1) is 14.4. The summed E-state index contributed by atoms with van der Waals surface area (Å²) in [5.74, 6) is 1.84. The molecule has 106 valence electrons. The summed E-state index contributed by atoms with van der Waals surface area (Å²) in [6, 6.07) is 8.57. The number of ether oxygens (including phenoxy) is 1. The summed E-state index contributed by atoms with van der Waals surface area (Å²) < 4.78 is 5.24. The van der Waals surface area contributed by atoms with Crippen LogP contribution in [-0.4, -0.2) is 31.6 Å². The Hall–Kier alpha value is -1.02. The maximum absolute atomic E-state index is 5.24. The highest BCUT2D eigenvalue weighted by atomic mass is 16.5. The molecule has 1 fully saturated rings. The Morgan fingerprint density at radius 2 is 1.74 bits per heavy atom. The van der Waals surface area contributed by atoms with E-state index >= 15 is 0 Å². The highest BCUT2D eigenvalue weighted by Gasteiger charge is 2.36. The van der Waals surface area contributed by atoms with Crippen LogP contribution in [0.3, 0.4) is 0 Å².